The van der Waals surface area contributed by atoms with Crippen LogP contribution in [-0.2, 0) is 4.79 Å². The van der Waals surface area contributed by atoms with E-state index in [0.29, 0.717) is 24.8 Å². The quantitative estimate of drug-likeness (QED) is 0.252. The molecule has 1 saturated carbocycles. The van der Waals surface area contributed by atoms with Gasteiger partial charge in [0.05, 0.1) is 0 Å². The summed E-state index contributed by atoms with van der Waals surface area (Å²) in [6, 6.07) is 0.469. The van der Waals surface area contributed by atoms with Gasteiger partial charge in [-0.05, 0) is 44.4 Å². The molecule has 4 N–H and O–H groups in total. The predicted molar refractivity (Wildman–Crippen MR) is 85.2 cm³/mol. The number of rotatable bonds is 7. The van der Waals surface area contributed by atoms with Crippen LogP contribution in [-0.4, -0.2) is 28.5 Å². The Labute approximate surface area is 133 Å². The number of hydrogen-bond donors (Lipinski definition) is 4. The second-order valence-electron chi connectivity index (χ2n) is 6.81. The first-order valence-electron chi connectivity index (χ1n) is 8.72. The Morgan fingerprint density at radius 1 is 1.27 bits per heavy atom. The van der Waals surface area contributed by atoms with Gasteiger partial charge in [-0.2, -0.15) is 0 Å². The fourth-order valence-electron chi connectivity index (χ4n) is 3.73. The first-order chi connectivity index (χ1) is 10.7. The SMILES string of the molecule is O=C(CCC1CCC=C(CC(O)NC2CCCCC2)C1)NO. The first kappa shape index (κ1) is 17.4. The summed E-state index contributed by atoms with van der Waals surface area (Å²) in [4.78, 5) is 11.1. The molecule has 1 amide bonds. The molecule has 0 aromatic rings. The third-order valence-corrected chi connectivity index (χ3v) is 4.95. The molecule has 0 spiro atoms. The lowest BCUT2D eigenvalue weighted by atomic mass is 9.84. The minimum atomic E-state index is -0.450. The van der Waals surface area contributed by atoms with Gasteiger partial charge in [-0.3, -0.25) is 15.3 Å². The fraction of sp³-hybridized carbons (Fsp3) is 0.824. The predicted octanol–water partition coefficient (Wildman–Crippen LogP) is 2.63. The monoisotopic (exact) mass is 310 g/mol. The lowest BCUT2D eigenvalue weighted by Crippen LogP contribution is -2.39. The second-order valence-corrected chi connectivity index (χ2v) is 6.81. The number of aliphatic hydroxyl groups is 1. The van der Waals surface area contributed by atoms with Crippen LogP contribution in [0.2, 0.25) is 0 Å². The molecule has 2 aliphatic carbocycles. The maximum atomic E-state index is 11.1. The van der Waals surface area contributed by atoms with Crippen molar-refractivity contribution in [3.8, 4) is 0 Å². The van der Waals surface area contributed by atoms with Crippen LogP contribution in [0.15, 0.2) is 11.6 Å². The molecule has 0 aromatic heterocycles. The van der Waals surface area contributed by atoms with E-state index >= 15 is 0 Å². The van der Waals surface area contributed by atoms with Gasteiger partial charge in [-0.1, -0.05) is 30.9 Å². The van der Waals surface area contributed by atoms with Gasteiger partial charge >= 0.3 is 0 Å². The highest BCUT2D eigenvalue weighted by Gasteiger charge is 2.21. The maximum Gasteiger partial charge on any atom is 0.243 e. The highest BCUT2D eigenvalue weighted by molar-refractivity contribution is 5.74. The van der Waals surface area contributed by atoms with Gasteiger partial charge in [0.25, 0.3) is 0 Å². The minimum Gasteiger partial charge on any atom is -0.378 e. The molecule has 0 bridgehead atoms. The van der Waals surface area contributed by atoms with E-state index in [1.165, 1.54) is 37.7 Å². The van der Waals surface area contributed by atoms with Gasteiger partial charge in [0, 0.05) is 18.9 Å². The van der Waals surface area contributed by atoms with Gasteiger partial charge < -0.3 is 5.11 Å². The van der Waals surface area contributed by atoms with Gasteiger partial charge in [-0.15, -0.1) is 0 Å². The summed E-state index contributed by atoms with van der Waals surface area (Å²) < 4.78 is 0. The molecule has 2 unspecified atom stereocenters. The molecule has 126 valence electrons. The van der Waals surface area contributed by atoms with E-state index in [4.69, 9.17) is 5.21 Å². The van der Waals surface area contributed by atoms with Gasteiger partial charge in [0.2, 0.25) is 5.91 Å². The van der Waals surface area contributed by atoms with E-state index in [1.54, 1.807) is 5.48 Å². The van der Waals surface area contributed by atoms with E-state index in [0.717, 1.165) is 25.7 Å². The van der Waals surface area contributed by atoms with E-state index < -0.39 is 6.23 Å². The highest BCUT2D eigenvalue weighted by Crippen LogP contribution is 2.30. The summed E-state index contributed by atoms with van der Waals surface area (Å²) in [6.45, 7) is 0. The smallest absolute Gasteiger partial charge is 0.243 e. The summed E-state index contributed by atoms with van der Waals surface area (Å²) in [5.74, 6) is 0.175. The van der Waals surface area contributed by atoms with Crippen LogP contribution in [0.4, 0.5) is 0 Å². The second kappa shape index (κ2) is 9.28. The minimum absolute atomic E-state index is 0.310. The molecule has 2 rings (SSSR count). The Bertz CT molecular complexity index is 378. The molecule has 5 nitrogen and oxygen atoms in total. The summed E-state index contributed by atoms with van der Waals surface area (Å²) in [7, 11) is 0. The Kier molecular flexibility index (Phi) is 7.36. The number of amides is 1. The number of carbonyl (C=O) groups is 1. The number of aliphatic hydroxyl groups excluding tert-OH is 1. The van der Waals surface area contributed by atoms with E-state index in [-0.39, 0.29) is 5.91 Å². The Balaban J connectivity index is 1.70. The summed E-state index contributed by atoms with van der Waals surface area (Å²) >= 11 is 0. The molecule has 0 aliphatic heterocycles. The van der Waals surface area contributed by atoms with E-state index in [9.17, 15) is 9.90 Å². The van der Waals surface area contributed by atoms with Crippen LogP contribution in [0, 0.1) is 5.92 Å². The van der Waals surface area contributed by atoms with Crippen molar-refractivity contribution < 1.29 is 15.1 Å². The molecule has 2 aliphatic rings. The highest BCUT2D eigenvalue weighted by atomic mass is 16.5. The third kappa shape index (κ3) is 6.07. The largest absolute Gasteiger partial charge is 0.378 e. The Hall–Kier alpha value is -0.910. The molecule has 0 aromatic carbocycles. The number of hydrogen-bond acceptors (Lipinski definition) is 4. The zero-order chi connectivity index (χ0) is 15.8. The van der Waals surface area contributed by atoms with Crippen LogP contribution >= 0.6 is 0 Å². The fourth-order valence-corrected chi connectivity index (χ4v) is 3.73. The maximum absolute atomic E-state index is 11.1. The molecule has 22 heavy (non-hydrogen) atoms. The van der Waals surface area contributed by atoms with E-state index in [1.807, 2.05) is 0 Å². The van der Waals surface area contributed by atoms with Crippen molar-refractivity contribution in [1.82, 2.24) is 10.8 Å². The molecule has 5 heteroatoms. The molecule has 0 heterocycles. The van der Waals surface area contributed by atoms with Crippen molar-refractivity contribution >= 4 is 5.91 Å². The molecule has 1 fully saturated rings. The number of hydroxylamine groups is 1. The van der Waals surface area contributed by atoms with Crippen molar-refractivity contribution in [2.45, 2.75) is 82.9 Å². The number of carbonyl (C=O) groups excluding carboxylic acids is 1. The Morgan fingerprint density at radius 2 is 2.05 bits per heavy atom. The van der Waals surface area contributed by atoms with Crippen LogP contribution < -0.4 is 10.8 Å². The van der Waals surface area contributed by atoms with Crippen molar-refractivity contribution in [1.29, 1.82) is 0 Å². The average molecular weight is 310 g/mol. The number of allylic oxidation sites excluding steroid dienone is 1. The topological polar surface area (TPSA) is 81.6 Å². The van der Waals surface area contributed by atoms with Crippen molar-refractivity contribution in [2.75, 3.05) is 0 Å². The van der Waals surface area contributed by atoms with Crippen LogP contribution in [0.1, 0.15) is 70.6 Å². The van der Waals surface area contributed by atoms with Crippen molar-refractivity contribution in [3.63, 3.8) is 0 Å². The molecular weight excluding hydrogens is 280 g/mol. The van der Waals surface area contributed by atoms with Crippen LogP contribution in [0.25, 0.3) is 0 Å². The Morgan fingerprint density at radius 3 is 2.77 bits per heavy atom. The normalized spacial score (nSPS) is 24.6. The molecule has 2 atom stereocenters. The van der Waals surface area contributed by atoms with Crippen molar-refractivity contribution in [2.24, 2.45) is 5.92 Å². The van der Waals surface area contributed by atoms with Gasteiger partial charge in [0.15, 0.2) is 0 Å². The van der Waals surface area contributed by atoms with Gasteiger partial charge in [0.1, 0.15) is 6.23 Å². The van der Waals surface area contributed by atoms with E-state index in [2.05, 4.69) is 11.4 Å². The first-order valence-corrected chi connectivity index (χ1v) is 8.72. The van der Waals surface area contributed by atoms with Gasteiger partial charge in [-0.25, -0.2) is 5.48 Å². The van der Waals surface area contributed by atoms with Crippen LogP contribution in [0.3, 0.4) is 0 Å². The third-order valence-electron chi connectivity index (χ3n) is 4.95. The molecular formula is C17H30N2O3. The zero-order valence-corrected chi connectivity index (χ0v) is 13.4. The lowest BCUT2D eigenvalue weighted by Gasteiger charge is -2.28. The van der Waals surface area contributed by atoms with Crippen molar-refractivity contribution in [3.05, 3.63) is 11.6 Å². The molecule has 0 saturated heterocycles. The summed E-state index contributed by atoms with van der Waals surface area (Å²) in [6.07, 6.45) is 12.9. The zero-order valence-electron chi connectivity index (χ0n) is 13.4. The standard InChI is InChI=1S/C17H30N2O3/c20-16(19-22)10-9-13-5-4-6-14(11-13)12-17(21)18-15-7-2-1-3-8-15/h6,13,15,17-18,21-22H,1-5,7-12H2,(H,19,20). The van der Waals surface area contributed by atoms with Crippen LogP contribution in [0.5, 0.6) is 0 Å². The number of nitrogens with one attached hydrogen (secondary N) is 2. The average Bonchev–Trinajstić information content (AvgIpc) is 2.53. The summed E-state index contributed by atoms with van der Waals surface area (Å²) in [5.41, 5.74) is 2.99. The lowest BCUT2D eigenvalue weighted by molar-refractivity contribution is -0.129. The summed E-state index contributed by atoms with van der Waals surface area (Å²) in [5, 5.41) is 22.1. The molecule has 0 radical (unpaired) electrons.